The van der Waals surface area contributed by atoms with Crippen molar-refractivity contribution in [3.63, 3.8) is 0 Å². The molecule has 2 aromatic carbocycles. The van der Waals surface area contributed by atoms with Gasteiger partial charge < -0.3 is 14.2 Å². The molecule has 2 aromatic rings. The number of methoxy groups -OCH3 is 2. The number of anilines is 1. The minimum absolute atomic E-state index is 0.00718. The van der Waals surface area contributed by atoms with Crippen LogP contribution in [0, 0.1) is 0 Å². The molecule has 0 N–H and O–H groups in total. The Morgan fingerprint density at radius 1 is 1.03 bits per heavy atom. The van der Waals surface area contributed by atoms with E-state index in [1.807, 2.05) is 0 Å². The van der Waals surface area contributed by atoms with Gasteiger partial charge in [-0.1, -0.05) is 11.6 Å². The maximum atomic E-state index is 13.5. The van der Waals surface area contributed by atoms with Gasteiger partial charge in [-0.25, -0.2) is 9.59 Å². The van der Waals surface area contributed by atoms with Crippen molar-refractivity contribution in [1.29, 1.82) is 0 Å². The summed E-state index contributed by atoms with van der Waals surface area (Å²) in [4.78, 5) is 28.0. The van der Waals surface area contributed by atoms with E-state index in [0.29, 0.717) is 17.7 Å². The molecule has 7 nitrogen and oxygen atoms in total. The standard InChI is InChI=1S/C25H25ClF6N2O5/c1-5-39-23(36)34-13(2)6-19(17-10-18(26)21(37-3)11-20(17)34)33(22(35)38-4)12-14-7-15(24(27,28)29)9-16(8-14)25(30,31)32/h7-11,13,19H,5-6,12H2,1-4H3/t13-,19+/m0/s1. The SMILES string of the molecule is CCOC(=O)N1c2cc(OC)c(Cl)cc2[C@H](N(Cc2cc(C(F)(F)F)cc(C(F)(F)F)c2)C(=O)OC)C[C@@H]1C. The summed E-state index contributed by atoms with van der Waals surface area (Å²) < 4.78 is 96.0. The van der Waals surface area contributed by atoms with E-state index >= 15 is 0 Å². The number of ether oxygens (including phenoxy) is 3. The van der Waals surface area contributed by atoms with Crippen LogP contribution < -0.4 is 9.64 Å². The molecule has 1 heterocycles. The molecule has 0 fully saturated rings. The Kier molecular flexibility index (Phi) is 8.83. The minimum atomic E-state index is -5.07. The molecule has 0 saturated carbocycles. The molecular formula is C25H25ClF6N2O5. The number of carbonyl (C=O) groups excluding carboxylic acids is 2. The van der Waals surface area contributed by atoms with E-state index in [1.54, 1.807) is 13.8 Å². The van der Waals surface area contributed by atoms with Crippen molar-refractivity contribution in [1.82, 2.24) is 4.90 Å². The molecule has 0 aliphatic carbocycles. The number of fused-ring (bicyclic) bond motifs is 1. The second-order valence-corrected chi connectivity index (χ2v) is 9.13. The minimum Gasteiger partial charge on any atom is -0.495 e. The number of halogens is 7. The first-order valence-electron chi connectivity index (χ1n) is 11.6. The highest BCUT2D eigenvalue weighted by Crippen LogP contribution is 2.46. The zero-order valence-corrected chi connectivity index (χ0v) is 22.0. The zero-order valence-electron chi connectivity index (χ0n) is 21.2. The molecule has 0 aromatic heterocycles. The van der Waals surface area contributed by atoms with Gasteiger partial charge in [0.2, 0.25) is 0 Å². The largest absolute Gasteiger partial charge is 0.495 e. The number of carbonyl (C=O) groups is 2. The van der Waals surface area contributed by atoms with Crippen LogP contribution in [0.4, 0.5) is 41.6 Å². The van der Waals surface area contributed by atoms with Gasteiger partial charge in [0, 0.05) is 24.2 Å². The van der Waals surface area contributed by atoms with Gasteiger partial charge in [0.05, 0.1) is 48.7 Å². The highest BCUT2D eigenvalue weighted by molar-refractivity contribution is 6.32. The van der Waals surface area contributed by atoms with E-state index in [-0.39, 0.29) is 35.6 Å². The molecule has 0 unspecified atom stereocenters. The van der Waals surface area contributed by atoms with Crippen molar-refractivity contribution < 1.29 is 50.1 Å². The topological polar surface area (TPSA) is 68.3 Å². The Bertz CT molecular complexity index is 1200. The van der Waals surface area contributed by atoms with E-state index < -0.39 is 59.9 Å². The first-order valence-corrected chi connectivity index (χ1v) is 12.0. The molecule has 3 rings (SSSR count). The van der Waals surface area contributed by atoms with E-state index in [0.717, 1.165) is 12.0 Å². The van der Waals surface area contributed by atoms with Gasteiger partial charge in [-0.05, 0) is 50.1 Å². The lowest BCUT2D eigenvalue weighted by molar-refractivity contribution is -0.143. The summed E-state index contributed by atoms with van der Waals surface area (Å²) in [5, 5.41) is 0.0999. The number of rotatable bonds is 5. The third kappa shape index (κ3) is 6.45. The summed E-state index contributed by atoms with van der Waals surface area (Å²) in [5.41, 5.74) is -2.93. The molecule has 2 amide bonds. The zero-order chi connectivity index (χ0) is 29.3. The fourth-order valence-corrected chi connectivity index (χ4v) is 4.73. The lowest BCUT2D eigenvalue weighted by atomic mass is 9.90. The third-order valence-corrected chi connectivity index (χ3v) is 6.47. The number of alkyl halides is 6. The van der Waals surface area contributed by atoms with Crippen LogP contribution in [0.1, 0.15) is 48.6 Å². The molecule has 0 saturated heterocycles. The maximum Gasteiger partial charge on any atom is 0.416 e. The van der Waals surface area contributed by atoms with E-state index in [4.69, 9.17) is 25.8 Å². The number of hydrogen-bond acceptors (Lipinski definition) is 5. The Morgan fingerprint density at radius 3 is 2.10 bits per heavy atom. The van der Waals surface area contributed by atoms with Gasteiger partial charge in [0.15, 0.2) is 0 Å². The smallest absolute Gasteiger partial charge is 0.416 e. The second kappa shape index (κ2) is 11.4. The lowest BCUT2D eigenvalue weighted by Crippen LogP contribution is -2.47. The summed E-state index contributed by atoms with van der Waals surface area (Å²) in [6, 6.07) is 2.38. The van der Waals surface area contributed by atoms with Crippen molar-refractivity contribution in [2.45, 2.75) is 51.2 Å². The molecule has 0 spiro atoms. The molecule has 0 radical (unpaired) electrons. The molecule has 39 heavy (non-hydrogen) atoms. The van der Waals surface area contributed by atoms with Crippen molar-refractivity contribution >= 4 is 29.5 Å². The monoisotopic (exact) mass is 582 g/mol. The molecule has 1 aliphatic heterocycles. The Balaban J connectivity index is 2.18. The number of benzene rings is 2. The predicted molar refractivity (Wildman–Crippen MR) is 129 cm³/mol. The summed E-state index contributed by atoms with van der Waals surface area (Å²) in [7, 11) is 2.38. The molecule has 14 heteroatoms. The highest BCUT2D eigenvalue weighted by Gasteiger charge is 2.41. The first-order chi connectivity index (χ1) is 18.1. The third-order valence-electron chi connectivity index (χ3n) is 6.18. The number of amides is 2. The van der Waals surface area contributed by atoms with Gasteiger partial charge in [-0.3, -0.25) is 9.80 Å². The van der Waals surface area contributed by atoms with Gasteiger partial charge in [-0.2, -0.15) is 26.3 Å². The average Bonchev–Trinajstić information content (AvgIpc) is 2.85. The fraction of sp³-hybridized carbons (Fsp3) is 0.440. The van der Waals surface area contributed by atoms with Crippen LogP contribution >= 0.6 is 11.6 Å². The quantitative estimate of drug-likeness (QED) is 0.343. The predicted octanol–water partition coefficient (Wildman–Crippen LogP) is 7.45. The molecule has 1 aliphatic rings. The van der Waals surface area contributed by atoms with Crippen LogP contribution in [0.15, 0.2) is 30.3 Å². The summed E-state index contributed by atoms with van der Waals surface area (Å²) in [5.74, 6) is 0.190. The van der Waals surface area contributed by atoms with Crippen LogP contribution in [0.25, 0.3) is 0 Å². The lowest BCUT2D eigenvalue weighted by Gasteiger charge is -2.42. The van der Waals surface area contributed by atoms with Crippen molar-refractivity contribution in [2.75, 3.05) is 25.7 Å². The Labute approximate surface area is 225 Å². The summed E-state index contributed by atoms with van der Waals surface area (Å²) in [6.07, 6.45) is -11.8. The molecule has 2 atom stereocenters. The number of nitrogens with zero attached hydrogens (tertiary/aromatic N) is 2. The second-order valence-electron chi connectivity index (χ2n) is 8.73. The van der Waals surface area contributed by atoms with Gasteiger partial charge in [0.25, 0.3) is 0 Å². The van der Waals surface area contributed by atoms with Crippen LogP contribution in [-0.4, -0.2) is 44.0 Å². The summed E-state index contributed by atoms with van der Waals surface area (Å²) >= 11 is 6.33. The Morgan fingerprint density at radius 2 is 1.62 bits per heavy atom. The Hall–Kier alpha value is -3.35. The summed E-state index contributed by atoms with van der Waals surface area (Å²) in [6.45, 7) is 2.66. The fourth-order valence-electron chi connectivity index (χ4n) is 4.48. The van der Waals surface area contributed by atoms with Crippen LogP contribution in [0.3, 0.4) is 0 Å². The van der Waals surface area contributed by atoms with Gasteiger partial charge >= 0.3 is 24.5 Å². The molecular weight excluding hydrogens is 558 g/mol. The van der Waals surface area contributed by atoms with E-state index in [2.05, 4.69) is 0 Å². The van der Waals surface area contributed by atoms with Crippen molar-refractivity contribution in [2.24, 2.45) is 0 Å². The molecule has 214 valence electrons. The highest BCUT2D eigenvalue weighted by atomic mass is 35.5. The van der Waals surface area contributed by atoms with Gasteiger partial charge in [-0.15, -0.1) is 0 Å². The van der Waals surface area contributed by atoms with Crippen molar-refractivity contribution in [3.05, 3.63) is 57.6 Å². The molecule has 0 bridgehead atoms. The van der Waals surface area contributed by atoms with Crippen LogP contribution in [-0.2, 0) is 28.4 Å². The van der Waals surface area contributed by atoms with E-state index in [9.17, 15) is 35.9 Å². The van der Waals surface area contributed by atoms with Crippen LogP contribution in [0.2, 0.25) is 5.02 Å². The average molecular weight is 583 g/mol. The number of hydrogen-bond donors (Lipinski definition) is 0. The first kappa shape index (κ1) is 30.2. The normalized spacial score (nSPS) is 17.4. The van der Waals surface area contributed by atoms with Crippen molar-refractivity contribution in [3.8, 4) is 5.75 Å². The van der Waals surface area contributed by atoms with E-state index in [1.165, 1.54) is 24.1 Å². The van der Waals surface area contributed by atoms with Crippen LogP contribution in [0.5, 0.6) is 5.75 Å². The van der Waals surface area contributed by atoms with Gasteiger partial charge in [0.1, 0.15) is 5.75 Å². The maximum absolute atomic E-state index is 13.5.